The standard InChI is InChI=1S/C16H16N4O4S/c17-11-14(22)20-12(16(23)24)10(8-25-15(11)20)2-1-5-19-6-3-9(4-7-19)13(18)21/h1-4,6-7,11,15H,5,8,17H2,(H2-,18,21,23,24)/p+1/b2-1+/t11?,15-/m1/s1. The molecule has 2 atom stereocenters. The Labute approximate surface area is 147 Å². The fourth-order valence-electron chi connectivity index (χ4n) is 2.73. The Morgan fingerprint density at radius 3 is 2.68 bits per heavy atom. The van der Waals surface area contributed by atoms with Gasteiger partial charge in [0.25, 0.3) is 0 Å². The van der Waals surface area contributed by atoms with Gasteiger partial charge < -0.3 is 16.6 Å². The predicted molar refractivity (Wildman–Crippen MR) is 90.0 cm³/mol. The van der Waals surface area contributed by atoms with Crippen LogP contribution in [0.25, 0.3) is 0 Å². The average Bonchev–Trinajstić information content (AvgIpc) is 2.60. The van der Waals surface area contributed by atoms with E-state index in [9.17, 15) is 19.5 Å². The number of amides is 2. The van der Waals surface area contributed by atoms with Gasteiger partial charge in [0.15, 0.2) is 18.9 Å². The van der Waals surface area contributed by atoms with Crippen molar-refractivity contribution < 1.29 is 24.1 Å². The normalized spacial score (nSPS) is 22.8. The number of primary amides is 1. The Hall–Kier alpha value is -2.65. The van der Waals surface area contributed by atoms with Crippen LogP contribution in [0.4, 0.5) is 0 Å². The summed E-state index contributed by atoms with van der Waals surface area (Å²) in [6.45, 7) is 0.483. The van der Waals surface area contributed by atoms with Crippen molar-refractivity contribution in [2.24, 2.45) is 11.5 Å². The maximum Gasteiger partial charge on any atom is 0.352 e. The van der Waals surface area contributed by atoms with Gasteiger partial charge in [-0.15, -0.1) is 11.8 Å². The summed E-state index contributed by atoms with van der Waals surface area (Å²) in [4.78, 5) is 35.7. The van der Waals surface area contributed by atoms with Crippen molar-refractivity contribution in [1.82, 2.24) is 4.90 Å². The quantitative estimate of drug-likeness (QED) is 0.465. The first-order valence-corrected chi connectivity index (χ1v) is 8.57. The van der Waals surface area contributed by atoms with Crippen molar-refractivity contribution in [3.05, 3.63) is 53.5 Å². The number of carbonyl (C=O) groups is 3. The van der Waals surface area contributed by atoms with Gasteiger partial charge >= 0.3 is 5.97 Å². The van der Waals surface area contributed by atoms with E-state index >= 15 is 0 Å². The topological polar surface area (TPSA) is 131 Å². The number of aliphatic carboxylic acids is 1. The molecule has 0 bridgehead atoms. The van der Waals surface area contributed by atoms with Gasteiger partial charge in [0.05, 0.1) is 5.56 Å². The molecule has 0 aliphatic carbocycles. The fraction of sp³-hybridized carbons (Fsp3) is 0.250. The molecule has 1 aromatic rings. The van der Waals surface area contributed by atoms with E-state index in [0.29, 0.717) is 23.4 Å². The van der Waals surface area contributed by atoms with E-state index in [4.69, 9.17) is 11.5 Å². The minimum Gasteiger partial charge on any atom is -0.477 e. The molecule has 2 aliphatic rings. The van der Waals surface area contributed by atoms with Crippen molar-refractivity contribution >= 4 is 29.5 Å². The minimum absolute atomic E-state index is 0.000719. The third-order valence-corrected chi connectivity index (χ3v) is 5.38. The maximum absolute atomic E-state index is 11.9. The molecule has 1 unspecified atom stereocenters. The summed E-state index contributed by atoms with van der Waals surface area (Å²) >= 11 is 1.45. The van der Waals surface area contributed by atoms with Crippen LogP contribution in [0.1, 0.15) is 10.4 Å². The first-order valence-electron chi connectivity index (χ1n) is 7.52. The summed E-state index contributed by atoms with van der Waals surface area (Å²) in [7, 11) is 0. The molecule has 5 N–H and O–H groups in total. The molecule has 1 aromatic heterocycles. The summed E-state index contributed by atoms with van der Waals surface area (Å²) in [5.41, 5.74) is 11.9. The third-order valence-electron chi connectivity index (χ3n) is 4.05. The summed E-state index contributed by atoms with van der Waals surface area (Å²) in [6, 6.07) is 2.59. The number of thioether (sulfide) groups is 1. The Bertz CT molecular complexity index is 803. The summed E-state index contributed by atoms with van der Waals surface area (Å²) in [5, 5.41) is 9.15. The summed E-state index contributed by atoms with van der Waals surface area (Å²) in [5.74, 6) is -1.52. The highest BCUT2D eigenvalue weighted by Gasteiger charge is 2.51. The number of hydrogen-bond acceptors (Lipinski definition) is 5. The second-order valence-electron chi connectivity index (χ2n) is 5.66. The van der Waals surface area contributed by atoms with Crippen LogP contribution in [-0.4, -0.2) is 45.0 Å². The second kappa shape index (κ2) is 6.69. The second-order valence-corrected chi connectivity index (χ2v) is 6.77. The molecule has 8 nitrogen and oxygen atoms in total. The van der Waals surface area contributed by atoms with Crippen LogP contribution < -0.4 is 16.0 Å². The number of carbonyl (C=O) groups excluding carboxylic acids is 2. The van der Waals surface area contributed by atoms with Crippen LogP contribution in [0.5, 0.6) is 0 Å². The largest absolute Gasteiger partial charge is 0.477 e. The molecule has 3 heterocycles. The highest BCUT2D eigenvalue weighted by Crippen LogP contribution is 2.39. The highest BCUT2D eigenvalue weighted by atomic mass is 32.2. The first-order chi connectivity index (χ1) is 11.9. The number of nitrogens with two attached hydrogens (primary N) is 2. The van der Waals surface area contributed by atoms with Gasteiger partial charge in [-0.1, -0.05) is 6.08 Å². The van der Waals surface area contributed by atoms with E-state index < -0.39 is 17.9 Å². The van der Waals surface area contributed by atoms with Gasteiger partial charge in [-0.25, -0.2) is 9.36 Å². The molecule has 1 saturated heterocycles. The SMILES string of the molecule is NC(=O)c1cc[n+](C/C=C/C2=C(C(=O)O)N3C(=O)C(N)[C@H]3SC2)cc1. The molecule has 130 valence electrons. The van der Waals surface area contributed by atoms with Gasteiger partial charge in [-0.3, -0.25) is 14.5 Å². The molecule has 0 spiro atoms. The fourth-order valence-corrected chi connectivity index (χ4v) is 3.99. The van der Waals surface area contributed by atoms with Gasteiger partial charge in [0, 0.05) is 17.9 Å². The van der Waals surface area contributed by atoms with Gasteiger partial charge in [0.2, 0.25) is 11.8 Å². The number of nitrogens with zero attached hydrogens (tertiary/aromatic N) is 2. The van der Waals surface area contributed by atoms with Crippen LogP contribution in [-0.2, 0) is 16.1 Å². The van der Waals surface area contributed by atoms with E-state index in [-0.39, 0.29) is 17.0 Å². The van der Waals surface area contributed by atoms with Crippen LogP contribution in [0.15, 0.2) is 47.9 Å². The minimum atomic E-state index is -1.14. The number of hydrogen-bond donors (Lipinski definition) is 3. The molecule has 1 fully saturated rings. The molecule has 0 aromatic carbocycles. The zero-order chi connectivity index (χ0) is 18.1. The Kier molecular flexibility index (Phi) is 4.60. The van der Waals surface area contributed by atoms with Gasteiger partial charge in [0.1, 0.15) is 17.1 Å². The van der Waals surface area contributed by atoms with Gasteiger partial charge in [-0.05, 0) is 11.6 Å². The van der Waals surface area contributed by atoms with Crippen molar-refractivity contribution in [3.8, 4) is 0 Å². The van der Waals surface area contributed by atoms with E-state index in [1.54, 1.807) is 36.7 Å². The zero-order valence-corrected chi connectivity index (χ0v) is 14.0. The smallest absolute Gasteiger partial charge is 0.352 e. The lowest BCUT2D eigenvalue weighted by Crippen LogP contribution is -2.68. The Morgan fingerprint density at radius 1 is 1.40 bits per heavy atom. The number of carboxylic acid groups (broad SMARTS) is 1. The van der Waals surface area contributed by atoms with Crippen molar-refractivity contribution in [2.45, 2.75) is 18.0 Å². The lowest BCUT2D eigenvalue weighted by atomic mass is 10.0. The van der Waals surface area contributed by atoms with Gasteiger partial charge in [-0.2, -0.15) is 0 Å². The lowest BCUT2D eigenvalue weighted by Gasteiger charge is -2.47. The van der Waals surface area contributed by atoms with E-state index in [0.717, 1.165) is 0 Å². The molecule has 0 radical (unpaired) electrons. The Morgan fingerprint density at radius 2 is 2.08 bits per heavy atom. The van der Waals surface area contributed by atoms with Crippen LogP contribution in [0.3, 0.4) is 0 Å². The molecular weight excluding hydrogens is 344 g/mol. The summed E-state index contributed by atoms with van der Waals surface area (Å²) < 4.78 is 1.81. The van der Waals surface area contributed by atoms with Crippen LogP contribution in [0, 0.1) is 0 Å². The van der Waals surface area contributed by atoms with Crippen molar-refractivity contribution in [3.63, 3.8) is 0 Å². The third kappa shape index (κ3) is 3.15. The van der Waals surface area contributed by atoms with E-state index in [1.165, 1.54) is 16.7 Å². The number of β-lactam (4-membered cyclic amide) rings is 1. The number of fused-ring (bicyclic) bond motifs is 1. The van der Waals surface area contributed by atoms with E-state index in [2.05, 4.69) is 0 Å². The molecule has 3 rings (SSSR count). The number of pyridine rings is 1. The van der Waals surface area contributed by atoms with E-state index in [1.807, 2.05) is 4.57 Å². The highest BCUT2D eigenvalue weighted by molar-refractivity contribution is 8.00. The Balaban J connectivity index is 1.76. The summed E-state index contributed by atoms with van der Waals surface area (Å²) in [6.07, 6.45) is 6.92. The maximum atomic E-state index is 11.9. The van der Waals surface area contributed by atoms with Crippen molar-refractivity contribution in [1.29, 1.82) is 0 Å². The number of allylic oxidation sites excluding steroid dienone is 2. The molecule has 2 amide bonds. The molecule has 9 heteroatoms. The monoisotopic (exact) mass is 361 g/mol. The van der Waals surface area contributed by atoms with Crippen LogP contribution >= 0.6 is 11.8 Å². The van der Waals surface area contributed by atoms with Crippen LogP contribution in [0.2, 0.25) is 0 Å². The number of rotatable bonds is 5. The number of aromatic nitrogens is 1. The first kappa shape index (κ1) is 17.2. The molecule has 25 heavy (non-hydrogen) atoms. The molecule has 2 aliphatic heterocycles. The number of carboxylic acids is 1. The lowest BCUT2D eigenvalue weighted by molar-refractivity contribution is -0.687. The predicted octanol–water partition coefficient (Wildman–Crippen LogP) is -0.790. The molecule has 0 saturated carbocycles. The average molecular weight is 361 g/mol. The zero-order valence-electron chi connectivity index (χ0n) is 13.2. The molecular formula is C16H17N4O4S+. The van der Waals surface area contributed by atoms with Crippen molar-refractivity contribution in [2.75, 3.05) is 5.75 Å².